The van der Waals surface area contributed by atoms with E-state index in [0.29, 0.717) is 36.3 Å². The second kappa shape index (κ2) is 7.96. The molecule has 1 aromatic rings. The van der Waals surface area contributed by atoms with E-state index in [1.54, 1.807) is 0 Å². The third-order valence-corrected chi connectivity index (χ3v) is 8.21. The first-order chi connectivity index (χ1) is 13.9. The Labute approximate surface area is 181 Å². The van der Waals surface area contributed by atoms with Crippen LogP contribution in [0.25, 0.3) is 0 Å². The van der Waals surface area contributed by atoms with Gasteiger partial charge in [-0.15, -0.1) is 0 Å². The van der Waals surface area contributed by atoms with Gasteiger partial charge in [-0.25, -0.2) is 0 Å². The van der Waals surface area contributed by atoms with Crippen molar-refractivity contribution in [2.45, 2.75) is 63.4 Å². The van der Waals surface area contributed by atoms with Crippen LogP contribution < -0.4 is 0 Å². The van der Waals surface area contributed by atoms with E-state index in [1.165, 1.54) is 11.1 Å². The molecule has 2 fully saturated rings. The Hall–Kier alpha value is -1.51. The number of aliphatic hydroxyl groups is 1. The first-order valence-electron chi connectivity index (χ1n) is 10.6. The molecule has 156 valence electrons. The Morgan fingerprint density at radius 1 is 1.31 bits per heavy atom. The van der Waals surface area contributed by atoms with E-state index >= 15 is 0 Å². The molecule has 0 radical (unpaired) electrons. The van der Waals surface area contributed by atoms with Crippen LogP contribution in [0, 0.1) is 29.1 Å². The minimum Gasteiger partial charge on any atom is -0.508 e. The fourth-order valence-corrected chi connectivity index (χ4v) is 6.42. The third-order valence-electron chi connectivity index (χ3n) is 7.76. The lowest BCUT2D eigenvalue weighted by atomic mass is 9.53. The van der Waals surface area contributed by atoms with Gasteiger partial charge in [0.25, 0.3) is 0 Å². The van der Waals surface area contributed by atoms with Crippen LogP contribution in [0.5, 0.6) is 5.75 Å². The second-order valence-electron chi connectivity index (χ2n) is 9.06. The van der Waals surface area contributed by atoms with E-state index in [9.17, 15) is 15.0 Å². The monoisotopic (exact) mass is 460 g/mol. The number of rotatable bonds is 3. The van der Waals surface area contributed by atoms with Gasteiger partial charge in [0.2, 0.25) is 0 Å². The minimum absolute atomic E-state index is 0.190. The van der Waals surface area contributed by atoms with Crippen LogP contribution >= 0.6 is 15.9 Å². The van der Waals surface area contributed by atoms with Crippen molar-refractivity contribution in [1.29, 1.82) is 0 Å². The normalized spacial score (nSPS) is 34.9. The zero-order chi connectivity index (χ0) is 20.6. The van der Waals surface area contributed by atoms with Gasteiger partial charge in [0.05, 0.1) is 0 Å². The standard InChI is InChI=1S/C24H29BrO4/c1-23-11-8-19-18-7-5-17(26)14-16(18)4-6-20(19)21(23)9-12-24(23,28)10-2-3-13-29-22(27)15-25/h5,7,14,19-21,26,28H,3-4,6,8-9,11-13,15H2,1H3/t19-,20-,21+,23+,24+/m1/s1. The zero-order valence-corrected chi connectivity index (χ0v) is 18.5. The maximum absolute atomic E-state index is 11.5. The average molecular weight is 461 g/mol. The first-order valence-corrected chi connectivity index (χ1v) is 11.8. The summed E-state index contributed by atoms with van der Waals surface area (Å²) in [5, 5.41) is 21.5. The lowest BCUT2D eigenvalue weighted by molar-refractivity contribution is -0.140. The van der Waals surface area contributed by atoms with Gasteiger partial charge in [-0.2, -0.15) is 0 Å². The van der Waals surface area contributed by atoms with E-state index in [-0.39, 0.29) is 23.3 Å². The van der Waals surface area contributed by atoms with Crippen LogP contribution in [0.3, 0.4) is 0 Å². The summed E-state index contributed by atoms with van der Waals surface area (Å²) in [5.74, 6) is 7.89. The van der Waals surface area contributed by atoms with Crippen molar-refractivity contribution in [3.63, 3.8) is 0 Å². The van der Waals surface area contributed by atoms with Crippen molar-refractivity contribution in [3.05, 3.63) is 29.3 Å². The number of aryl methyl sites for hydroxylation is 1. The molecule has 3 aliphatic carbocycles. The number of esters is 1. The largest absolute Gasteiger partial charge is 0.508 e. The molecule has 5 atom stereocenters. The summed E-state index contributed by atoms with van der Waals surface area (Å²) in [6.07, 6.45) is 6.31. The van der Waals surface area contributed by atoms with E-state index in [2.05, 4.69) is 40.8 Å². The molecule has 29 heavy (non-hydrogen) atoms. The fourth-order valence-electron chi connectivity index (χ4n) is 6.25. The SMILES string of the molecule is C[C@]12CC[C@@H]3c4ccc(O)cc4CC[C@H]3[C@@H]1CC[C@@]2(O)C#CCCOC(=O)CBr. The lowest BCUT2D eigenvalue weighted by Gasteiger charge is -2.52. The molecule has 0 unspecified atom stereocenters. The predicted molar refractivity (Wildman–Crippen MR) is 115 cm³/mol. The Morgan fingerprint density at radius 3 is 2.93 bits per heavy atom. The summed E-state index contributed by atoms with van der Waals surface area (Å²) in [6, 6.07) is 5.85. The Morgan fingerprint density at radius 2 is 2.14 bits per heavy atom. The Balaban J connectivity index is 1.49. The number of benzene rings is 1. The van der Waals surface area contributed by atoms with Gasteiger partial charge in [0.1, 0.15) is 23.3 Å². The van der Waals surface area contributed by atoms with Crippen LogP contribution in [0.4, 0.5) is 0 Å². The van der Waals surface area contributed by atoms with Gasteiger partial charge in [-0.3, -0.25) is 4.79 Å². The quantitative estimate of drug-likeness (QED) is 0.305. The fraction of sp³-hybridized carbons (Fsp3) is 0.625. The van der Waals surface area contributed by atoms with Crippen molar-refractivity contribution in [1.82, 2.24) is 0 Å². The molecule has 0 aromatic heterocycles. The number of phenolic OH excluding ortho intramolecular Hbond substituents is 1. The molecule has 0 spiro atoms. The van der Waals surface area contributed by atoms with E-state index in [4.69, 9.17) is 4.74 Å². The van der Waals surface area contributed by atoms with Crippen molar-refractivity contribution >= 4 is 21.9 Å². The molecule has 4 rings (SSSR count). The van der Waals surface area contributed by atoms with Crippen LogP contribution in [-0.2, 0) is 16.0 Å². The molecule has 0 bridgehead atoms. The van der Waals surface area contributed by atoms with Gasteiger partial charge in [0.15, 0.2) is 0 Å². The van der Waals surface area contributed by atoms with Crippen molar-refractivity contribution < 1.29 is 19.7 Å². The molecule has 0 amide bonds. The number of fused-ring (bicyclic) bond motifs is 5. The van der Waals surface area contributed by atoms with E-state index in [1.807, 2.05) is 12.1 Å². The highest BCUT2D eigenvalue weighted by molar-refractivity contribution is 9.09. The molecular formula is C24H29BrO4. The van der Waals surface area contributed by atoms with Gasteiger partial charge in [-0.05, 0) is 79.5 Å². The number of ether oxygens (including phenoxy) is 1. The van der Waals surface area contributed by atoms with Gasteiger partial charge < -0.3 is 14.9 Å². The first kappa shape index (κ1) is 20.8. The highest BCUT2D eigenvalue weighted by Crippen LogP contribution is 2.64. The molecule has 2 saturated carbocycles. The van der Waals surface area contributed by atoms with Crippen LogP contribution in [-0.4, -0.2) is 33.7 Å². The van der Waals surface area contributed by atoms with Crippen LogP contribution in [0.2, 0.25) is 0 Å². The summed E-state index contributed by atoms with van der Waals surface area (Å²) in [6.45, 7) is 2.49. The molecule has 0 aliphatic heterocycles. The zero-order valence-electron chi connectivity index (χ0n) is 16.9. The molecule has 3 aliphatic rings. The summed E-state index contributed by atoms with van der Waals surface area (Å²) in [4.78, 5) is 11.2. The predicted octanol–water partition coefficient (Wildman–Crippen LogP) is 4.31. The molecule has 0 saturated heterocycles. The molecule has 0 heterocycles. The maximum Gasteiger partial charge on any atom is 0.316 e. The summed E-state index contributed by atoms with van der Waals surface area (Å²) in [5.41, 5.74) is 1.54. The number of alkyl halides is 1. The average Bonchev–Trinajstić information content (AvgIpc) is 2.98. The van der Waals surface area contributed by atoms with Crippen LogP contribution in [0.1, 0.15) is 62.5 Å². The Bertz CT molecular complexity index is 856. The number of phenols is 1. The van der Waals surface area contributed by atoms with E-state index < -0.39 is 5.60 Å². The highest BCUT2D eigenvalue weighted by atomic mass is 79.9. The van der Waals surface area contributed by atoms with Gasteiger partial charge in [0, 0.05) is 11.8 Å². The second-order valence-corrected chi connectivity index (χ2v) is 9.62. The van der Waals surface area contributed by atoms with Crippen LogP contribution in [0.15, 0.2) is 18.2 Å². The molecule has 2 N–H and O–H groups in total. The van der Waals surface area contributed by atoms with Crippen molar-refractivity contribution in [3.8, 4) is 17.6 Å². The van der Waals surface area contributed by atoms with Gasteiger partial charge >= 0.3 is 5.97 Å². The molecule has 5 heteroatoms. The number of hydrogen-bond acceptors (Lipinski definition) is 4. The Kier molecular flexibility index (Phi) is 5.70. The summed E-state index contributed by atoms with van der Waals surface area (Å²) < 4.78 is 5.05. The molecule has 1 aromatic carbocycles. The van der Waals surface area contributed by atoms with Crippen molar-refractivity contribution in [2.75, 3.05) is 11.9 Å². The topological polar surface area (TPSA) is 66.8 Å². The minimum atomic E-state index is -0.961. The van der Waals surface area contributed by atoms with Gasteiger partial charge in [-0.1, -0.05) is 40.8 Å². The van der Waals surface area contributed by atoms with E-state index in [0.717, 1.165) is 32.1 Å². The maximum atomic E-state index is 11.5. The highest BCUT2D eigenvalue weighted by Gasteiger charge is 2.61. The number of carbonyl (C=O) groups is 1. The number of hydrogen-bond donors (Lipinski definition) is 2. The molecular weight excluding hydrogens is 432 g/mol. The lowest BCUT2D eigenvalue weighted by Crippen LogP contribution is -2.50. The number of aromatic hydroxyl groups is 1. The number of halogens is 1. The van der Waals surface area contributed by atoms with Crippen molar-refractivity contribution in [2.24, 2.45) is 17.3 Å². The third kappa shape index (κ3) is 3.59. The summed E-state index contributed by atoms with van der Waals surface area (Å²) >= 11 is 3.07. The smallest absolute Gasteiger partial charge is 0.316 e. The summed E-state index contributed by atoms with van der Waals surface area (Å²) in [7, 11) is 0. The number of carbonyl (C=O) groups excluding carboxylic acids is 1. The molecule has 4 nitrogen and oxygen atoms in total.